The van der Waals surface area contributed by atoms with E-state index in [1.54, 1.807) is 12.1 Å². The van der Waals surface area contributed by atoms with Gasteiger partial charge in [-0.2, -0.15) is 0 Å². The third-order valence-corrected chi connectivity index (χ3v) is 6.14. The minimum absolute atomic E-state index is 0.280. The Bertz CT molecular complexity index is 1240. The molecule has 0 radical (unpaired) electrons. The lowest BCUT2D eigenvalue weighted by Crippen LogP contribution is -2.02. The summed E-state index contributed by atoms with van der Waals surface area (Å²) in [5.41, 5.74) is 11.5. The van der Waals surface area contributed by atoms with Crippen molar-refractivity contribution in [3.05, 3.63) is 94.3 Å². The standard InChI is InChI=1S/C32H38FNO/c1-8-25-19-26(9-11-31(25)34-15-13-21(2)3)28-17-24(7)29(18-23(28)6)27-10-12-32(30(33)20-27)35-16-14-22(4)5/h9-14,17-20,34H,8,15-16H2,1-7H3. The molecule has 3 rings (SSSR count). The summed E-state index contributed by atoms with van der Waals surface area (Å²) in [6, 6.07) is 16.3. The second kappa shape index (κ2) is 11.9. The first kappa shape index (κ1) is 26.3. The summed E-state index contributed by atoms with van der Waals surface area (Å²) in [7, 11) is 0. The second-order valence-electron chi connectivity index (χ2n) is 9.61. The van der Waals surface area contributed by atoms with Crippen molar-refractivity contribution in [2.24, 2.45) is 0 Å². The van der Waals surface area contributed by atoms with Gasteiger partial charge < -0.3 is 10.1 Å². The van der Waals surface area contributed by atoms with Crippen LogP contribution in [-0.4, -0.2) is 13.2 Å². The molecular formula is C32H38FNO. The van der Waals surface area contributed by atoms with Crippen LogP contribution in [0.4, 0.5) is 10.1 Å². The Morgan fingerprint density at radius 3 is 2.00 bits per heavy atom. The lowest BCUT2D eigenvalue weighted by molar-refractivity contribution is 0.341. The van der Waals surface area contributed by atoms with Crippen LogP contribution in [0.1, 0.15) is 51.3 Å². The first-order chi connectivity index (χ1) is 16.7. The van der Waals surface area contributed by atoms with E-state index in [1.165, 1.54) is 33.5 Å². The van der Waals surface area contributed by atoms with Crippen LogP contribution in [0, 0.1) is 19.7 Å². The van der Waals surface area contributed by atoms with Gasteiger partial charge in [0.25, 0.3) is 0 Å². The molecule has 0 fully saturated rings. The third kappa shape index (κ3) is 6.85. The minimum Gasteiger partial charge on any atom is -0.486 e. The molecule has 0 aliphatic heterocycles. The summed E-state index contributed by atoms with van der Waals surface area (Å²) in [5.74, 6) is -0.0581. The molecule has 0 spiro atoms. The molecule has 0 saturated heterocycles. The van der Waals surface area contributed by atoms with Crippen molar-refractivity contribution in [2.45, 2.75) is 54.9 Å². The third-order valence-electron chi connectivity index (χ3n) is 6.14. The van der Waals surface area contributed by atoms with E-state index in [0.29, 0.717) is 6.61 Å². The zero-order valence-corrected chi connectivity index (χ0v) is 22.2. The molecule has 3 aromatic rings. The van der Waals surface area contributed by atoms with E-state index >= 15 is 0 Å². The Labute approximate surface area is 210 Å². The van der Waals surface area contributed by atoms with Crippen molar-refractivity contribution < 1.29 is 9.13 Å². The van der Waals surface area contributed by atoms with Crippen LogP contribution in [0.25, 0.3) is 22.3 Å². The summed E-state index contributed by atoms with van der Waals surface area (Å²) in [6.07, 6.45) is 5.10. The molecule has 0 aromatic heterocycles. The predicted molar refractivity (Wildman–Crippen MR) is 149 cm³/mol. The number of ether oxygens (including phenoxy) is 1. The van der Waals surface area contributed by atoms with E-state index in [0.717, 1.165) is 35.2 Å². The van der Waals surface area contributed by atoms with E-state index in [-0.39, 0.29) is 11.6 Å². The van der Waals surface area contributed by atoms with Gasteiger partial charge in [0, 0.05) is 12.2 Å². The number of rotatable bonds is 9. The lowest BCUT2D eigenvalue weighted by atomic mass is 9.91. The maximum atomic E-state index is 14.7. The highest BCUT2D eigenvalue weighted by atomic mass is 19.1. The van der Waals surface area contributed by atoms with Crippen LogP contribution in [0.5, 0.6) is 5.75 Å². The van der Waals surface area contributed by atoms with Gasteiger partial charge in [-0.3, -0.25) is 0 Å². The number of hydrogen-bond donors (Lipinski definition) is 1. The van der Waals surface area contributed by atoms with Gasteiger partial charge in [0.15, 0.2) is 11.6 Å². The van der Waals surface area contributed by atoms with Crippen LogP contribution in [-0.2, 0) is 6.42 Å². The Morgan fingerprint density at radius 1 is 0.829 bits per heavy atom. The Balaban J connectivity index is 1.88. The van der Waals surface area contributed by atoms with Crippen LogP contribution in [0.3, 0.4) is 0 Å². The number of nitrogens with one attached hydrogen (secondary N) is 1. The number of allylic oxidation sites excluding steroid dienone is 2. The number of hydrogen-bond acceptors (Lipinski definition) is 2. The van der Waals surface area contributed by atoms with E-state index in [9.17, 15) is 4.39 Å². The Kier molecular flexibility index (Phi) is 8.92. The fourth-order valence-electron chi connectivity index (χ4n) is 4.11. The first-order valence-electron chi connectivity index (χ1n) is 12.4. The maximum absolute atomic E-state index is 14.7. The average Bonchev–Trinajstić information content (AvgIpc) is 2.81. The summed E-state index contributed by atoms with van der Waals surface area (Å²) >= 11 is 0. The molecule has 0 aliphatic carbocycles. The number of benzene rings is 3. The molecule has 3 heteroatoms. The monoisotopic (exact) mass is 471 g/mol. The summed E-state index contributed by atoms with van der Waals surface area (Å²) in [6.45, 7) is 15.8. The van der Waals surface area contributed by atoms with Crippen molar-refractivity contribution in [1.29, 1.82) is 0 Å². The molecule has 3 aromatic carbocycles. The highest BCUT2D eigenvalue weighted by Gasteiger charge is 2.12. The zero-order valence-electron chi connectivity index (χ0n) is 22.2. The fourth-order valence-corrected chi connectivity index (χ4v) is 4.11. The normalized spacial score (nSPS) is 10.6. The molecule has 1 N–H and O–H groups in total. The summed E-state index contributed by atoms with van der Waals surface area (Å²) in [5, 5.41) is 3.53. The van der Waals surface area contributed by atoms with Gasteiger partial charge in [-0.1, -0.05) is 48.4 Å². The minimum atomic E-state index is -0.338. The maximum Gasteiger partial charge on any atom is 0.165 e. The van der Waals surface area contributed by atoms with Gasteiger partial charge in [-0.25, -0.2) is 4.39 Å². The molecule has 2 nitrogen and oxygen atoms in total. The number of anilines is 1. The van der Waals surface area contributed by atoms with E-state index in [4.69, 9.17) is 4.74 Å². The van der Waals surface area contributed by atoms with E-state index in [1.807, 2.05) is 26.0 Å². The van der Waals surface area contributed by atoms with Crippen molar-refractivity contribution in [2.75, 3.05) is 18.5 Å². The van der Waals surface area contributed by atoms with Crippen molar-refractivity contribution >= 4 is 5.69 Å². The summed E-state index contributed by atoms with van der Waals surface area (Å²) < 4.78 is 20.3. The van der Waals surface area contributed by atoms with Crippen LogP contribution >= 0.6 is 0 Å². The number of aryl methyl sites for hydroxylation is 3. The number of halogens is 1. The average molecular weight is 472 g/mol. The molecule has 0 amide bonds. The smallest absolute Gasteiger partial charge is 0.165 e. The van der Waals surface area contributed by atoms with Crippen LogP contribution in [0.2, 0.25) is 0 Å². The van der Waals surface area contributed by atoms with Gasteiger partial charge >= 0.3 is 0 Å². The van der Waals surface area contributed by atoms with E-state index in [2.05, 4.69) is 76.3 Å². The molecule has 0 unspecified atom stereocenters. The molecule has 0 atom stereocenters. The topological polar surface area (TPSA) is 21.3 Å². The Morgan fingerprint density at radius 2 is 1.43 bits per heavy atom. The van der Waals surface area contributed by atoms with Crippen molar-refractivity contribution in [3.63, 3.8) is 0 Å². The van der Waals surface area contributed by atoms with Crippen molar-refractivity contribution in [1.82, 2.24) is 0 Å². The molecule has 0 saturated carbocycles. The van der Waals surface area contributed by atoms with E-state index < -0.39 is 0 Å². The molecule has 0 aliphatic rings. The van der Waals surface area contributed by atoms with Crippen LogP contribution < -0.4 is 10.1 Å². The first-order valence-corrected chi connectivity index (χ1v) is 12.4. The molecular weight excluding hydrogens is 433 g/mol. The molecule has 0 bridgehead atoms. The SMILES string of the molecule is CCc1cc(-c2cc(C)c(-c3ccc(OCC=C(C)C)c(F)c3)cc2C)ccc1NCC=C(C)C. The van der Waals surface area contributed by atoms with Gasteiger partial charge in [0.05, 0.1) is 0 Å². The van der Waals surface area contributed by atoms with Gasteiger partial charge in [0.2, 0.25) is 0 Å². The summed E-state index contributed by atoms with van der Waals surface area (Å²) in [4.78, 5) is 0. The Hall–Kier alpha value is -3.33. The quantitative estimate of drug-likeness (QED) is 0.314. The highest BCUT2D eigenvalue weighted by molar-refractivity contribution is 5.78. The molecule has 0 heterocycles. The lowest BCUT2D eigenvalue weighted by Gasteiger charge is -2.16. The second-order valence-corrected chi connectivity index (χ2v) is 9.61. The highest BCUT2D eigenvalue weighted by Crippen LogP contribution is 2.35. The zero-order chi connectivity index (χ0) is 25.5. The molecule has 184 valence electrons. The van der Waals surface area contributed by atoms with Gasteiger partial charge in [-0.05, 0) is 117 Å². The predicted octanol–water partition coefficient (Wildman–Crippen LogP) is 9.06. The fraction of sp³-hybridized carbons (Fsp3) is 0.312. The van der Waals surface area contributed by atoms with Crippen LogP contribution in [0.15, 0.2) is 71.8 Å². The van der Waals surface area contributed by atoms with Crippen molar-refractivity contribution in [3.8, 4) is 28.0 Å². The van der Waals surface area contributed by atoms with Gasteiger partial charge in [0.1, 0.15) is 6.61 Å². The van der Waals surface area contributed by atoms with Gasteiger partial charge in [-0.15, -0.1) is 0 Å². The largest absolute Gasteiger partial charge is 0.486 e. The molecule has 35 heavy (non-hydrogen) atoms.